The van der Waals surface area contributed by atoms with Gasteiger partial charge in [-0.1, -0.05) is 66.7 Å². The molecule has 4 rings (SSSR count). The van der Waals surface area contributed by atoms with Gasteiger partial charge < -0.3 is 10.1 Å². The molecule has 3 aromatic rings. The zero-order valence-electron chi connectivity index (χ0n) is 17.3. The van der Waals surface area contributed by atoms with Crippen LogP contribution < -0.4 is 10.2 Å². The van der Waals surface area contributed by atoms with Gasteiger partial charge in [0.05, 0.1) is 5.69 Å². The van der Waals surface area contributed by atoms with Crippen molar-refractivity contribution >= 4 is 23.4 Å². The Morgan fingerprint density at radius 2 is 1.43 bits per heavy atom. The van der Waals surface area contributed by atoms with Crippen LogP contribution in [0.1, 0.15) is 31.9 Å². The van der Waals surface area contributed by atoms with Gasteiger partial charge in [-0.25, -0.2) is 9.69 Å². The molecule has 0 radical (unpaired) electrons. The third-order valence-electron chi connectivity index (χ3n) is 4.96. The van der Waals surface area contributed by atoms with Crippen LogP contribution in [0.4, 0.5) is 16.2 Å². The van der Waals surface area contributed by atoms with Crippen LogP contribution in [-0.2, 0) is 15.1 Å². The predicted molar refractivity (Wildman–Crippen MR) is 117 cm³/mol. The Labute approximate surface area is 176 Å². The minimum atomic E-state index is -1.25. The van der Waals surface area contributed by atoms with E-state index in [0.717, 1.165) is 16.2 Å². The van der Waals surface area contributed by atoms with Crippen molar-refractivity contribution in [2.45, 2.75) is 31.9 Å². The third kappa shape index (κ3) is 3.32. The molecule has 0 saturated heterocycles. The number of anilines is 2. The van der Waals surface area contributed by atoms with Gasteiger partial charge in [-0.3, -0.25) is 4.79 Å². The van der Waals surface area contributed by atoms with E-state index in [1.807, 2.05) is 78.9 Å². The topological polar surface area (TPSA) is 58.6 Å². The number of hydrogen-bond donors (Lipinski definition) is 1. The van der Waals surface area contributed by atoms with Crippen molar-refractivity contribution in [2.24, 2.45) is 0 Å². The summed E-state index contributed by atoms with van der Waals surface area (Å²) in [5.74, 6) is -0.395. The quantitative estimate of drug-likeness (QED) is 0.646. The van der Waals surface area contributed by atoms with Crippen LogP contribution in [0.3, 0.4) is 0 Å². The summed E-state index contributed by atoms with van der Waals surface area (Å²) in [5, 5.41) is 3.43. The molecule has 3 aromatic carbocycles. The van der Waals surface area contributed by atoms with Gasteiger partial charge in [-0.2, -0.15) is 0 Å². The van der Waals surface area contributed by atoms with Crippen molar-refractivity contribution in [2.75, 3.05) is 10.2 Å². The van der Waals surface area contributed by atoms with E-state index in [2.05, 4.69) is 5.32 Å². The lowest BCUT2D eigenvalue weighted by atomic mass is 9.83. The SMILES string of the molecule is CC(C)(C)OC(=O)N1C(=O)[C@@](Nc2ccccc2)(c2ccccc2)c2ccccc21. The Balaban J connectivity index is 1.92. The van der Waals surface area contributed by atoms with E-state index in [1.54, 1.807) is 26.8 Å². The molecule has 30 heavy (non-hydrogen) atoms. The second kappa shape index (κ2) is 7.34. The third-order valence-corrected chi connectivity index (χ3v) is 4.96. The normalized spacial score (nSPS) is 18.1. The molecule has 0 aliphatic carbocycles. The second-order valence-corrected chi connectivity index (χ2v) is 8.25. The number of ether oxygens (including phenoxy) is 1. The Morgan fingerprint density at radius 1 is 0.867 bits per heavy atom. The molecule has 0 spiro atoms. The molecule has 5 heteroatoms. The minimum Gasteiger partial charge on any atom is -0.443 e. The summed E-state index contributed by atoms with van der Waals surface area (Å²) >= 11 is 0. The molecule has 1 atom stereocenters. The minimum absolute atomic E-state index is 0.395. The highest BCUT2D eigenvalue weighted by molar-refractivity contribution is 6.23. The first-order valence-electron chi connectivity index (χ1n) is 9.89. The van der Waals surface area contributed by atoms with Crippen LogP contribution in [0.5, 0.6) is 0 Å². The molecule has 0 fully saturated rings. The van der Waals surface area contributed by atoms with Crippen LogP contribution in [0, 0.1) is 0 Å². The van der Waals surface area contributed by atoms with Crippen molar-refractivity contribution in [3.63, 3.8) is 0 Å². The summed E-state index contributed by atoms with van der Waals surface area (Å²) in [7, 11) is 0. The monoisotopic (exact) mass is 400 g/mol. The van der Waals surface area contributed by atoms with E-state index in [-0.39, 0.29) is 0 Å². The number of amides is 2. The summed E-state index contributed by atoms with van der Waals surface area (Å²) in [6.45, 7) is 5.35. The van der Waals surface area contributed by atoms with E-state index in [0.29, 0.717) is 11.3 Å². The largest absolute Gasteiger partial charge is 0.443 e. The Kier molecular flexibility index (Phi) is 4.82. The molecule has 0 aromatic heterocycles. The fourth-order valence-corrected chi connectivity index (χ4v) is 3.76. The van der Waals surface area contributed by atoms with Crippen molar-refractivity contribution in [3.8, 4) is 0 Å². The number of benzene rings is 3. The summed E-state index contributed by atoms with van der Waals surface area (Å²) in [5.41, 5.74) is 0.764. The number of rotatable bonds is 3. The van der Waals surface area contributed by atoms with E-state index in [1.165, 1.54) is 0 Å². The molecule has 1 heterocycles. The first-order chi connectivity index (χ1) is 14.3. The van der Waals surface area contributed by atoms with Crippen LogP contribution in [0.15, 0.2) is 84.9 Å². The Bertz CT molecular complexity index is 1070. The fraction of sp³-hybridized carbons (Fsp3) is 0.200. The maximum absolute atomic E-state index is 14.0. The molecule has 2 amide bonds. The number of fused-ring (bicyclic) bond motifs is 1. The summed E-state index contributed by atoms with van der Waals surface area (Å²) in [6.07, 6.45) is -0.687. The molecule has 152 valence electrons. The van der Waals surface area contributed by atoms with Gasteiger partial charge in [-0.15, -0.1) is 0 Å². The Morgan fingerprint density at radius 3 is 2.07 bits per heavy atom. The summed E-state index contributed by atoms with van der Waals surface area (Å²) < 4.78 is 5.57. The molecule has 1 N–H and O–H groups in total. The van der Waals surface area contributed by atoms with E-state index < -0.39 is 23.1 Å². The molecule has 0 saturated carbocycles. The molecular formula is C25H24N2O3. The zero-order valence-corrected chi connectivity index (χ0v) is 17.3. The number of hydrogen-bond acceptors (Lipinski definition) is 4. The number of carbonyl (C=O) groups excluding carboxylic acids is 2. The van der Waals surface area contributed by atoms with Gasteiger partial charge >= 0.3 is 6.09 Å². The standard InChI is InChI=1S/C25H24N2O3/c1-24(2,3)30-23(29)27-21-17-11-10-16-20(21)25(22(27)28,18-12-6-4-7-13-18)26-19-14-8-5-9-15-19/h4-17,26H,1-3H3/t25-/m1/s1. The molecule has 1 aliphatic heterocycles. The molecule has 5 nitrogen and oxygen atoms in total. The van der Waals surface area contributed by atoms with Crippen LogP contribution in [-0.4, -0.2) is 17.6 Å². The maximum Gasteiger partial charge on any atom is 0.421 e. The van der Waals surface area contributed by atoms with Gasteiger partial charge in [0.2, 0.25) is 0 Å². The molecule has 0 bridgehead atoms. The van der Waals surface area contributed by atoms with Crippen LogP contribution in [0.25, 0.3) is 0 Å². The zero-order chi connectivity index (χ0) is 21.4. The van der Waals surface area contributed by atoms with Crippen molar-refractivity contribution in [1.29, 1.82) is 0 Å². The number of nitrogens with zero attached hydrogens (tertiary/aromatic N) is 1. The van der Waals surface area contributed by atoms with E-state index in [9.17, 15) is 9.59 Å². The average Bonchev–Trinajstić information content (AvgIpc) is 2.97. The average molecular weight is 400 g/mol. The van der Waals surface area contributed by atoms with Crippen molar-refractivity contribution in [3.05, 3.63) is 96.1 Å². The lowest BCUT2D eigenvalue weighted by Gasteiger charge is -2.31. The van der Waals surface area contributed by atoms with Crippen LogP contribution in [0.2, 0.25) is 0 Å². The first kappa shape index (κ1) is 19.7. The highest BCUT2D eigenvalue weighted by Crippen LogP contribution is 2.46. The number of carbonyl (C=O) groups is 2. The molecule has 1 aliphatic rings. The summed E-state index contributed by atoms with van der Waals surface area (Å²) in [4.78, 5) is 28.2. The first-order valence-corrected chi connectivity index (χ1v) is 9.89. The smallest absolute Gasteiger partial charge is 0.421 e. The van der Waals surface area contributed by atoms with Gasteiger partial charge in [0.15, 0.2) is 5.54 Å². The maximum atomic E-state index is 14.0. The van der Waals surface area contributed by atoms with Crippen molar-refractivity contribution < 1.29 is 14.3 Å². The van der Waals surface area contributed by atoms with Gasteiger partial charge in [0.1, 0.15) is 5.60 Å². The highest BCUT2D eigenvalue weighted by atomic mass is 16.6. The fourth-order valence-electron chi connectivity index (χ4n) is 3.76. The number of imide groups is 1. The number of para-hydroxylation sites is 2. The summed E-state index contributed by atoms with van der Waals surface area (Å²) in [6, 6.07) is 26.3. The lowest BCUT2D eigenvalue weighted by Crippen LogP contribution is -2.49. The van der Waals surface area contributed by atoms with Gasteiger partial charge in [0, 0.05) is 11.3 Å². The van der Waals surface area contributed by atoms with E-state index >= 15 is 0 Å². The van der Waals surface area contributed by atoms with Gasteiger partial charge in [0.25, 0.3) is 5.91 Å². The van der Waals surface area contributed by atoms with Gasteiger partial charge in [-0.05, 0) is 44.5 Å². The Hall–Kier alpha value is -3.60. The second-order valence-electron chi connectivity index (χ2n) is 8.25. The molecule has 0 unspecified atom stereocenters. The molecular weight excluding hydrogens is 376 g/mol. The predicted octanol–water partition coefficient (Wildman–Crippen LogP) is 5.32. The van der Waals surface area contributed by atoms with E-state index in [4.69, 9.17) is 4.74 Å². The number of nitrogens with one attached hydrogen (secondary N) is 1. The highest BCUT2D eigenvalue weighted by Gasteiger charge is 2.55. The lowest BCUT2D eigenvalue weighted by molar-refractivity contribution is -0.120. The van der Waals surface area contributed by atoms with Crippen LogP contribution >= 0.6 is 0 Å². The van der Waals surface area contributed by atoms with Crippen molar-refractivity contribution in [1.82, 2.24) is 0 Å².